The van der Waals surface area contributed by atoms with Gasteiger partial charge in [-0.2, -0.15) is 0 Å². The van der Waals surface area contributed by atoms with Crippen molar-refractivity contribution in [3.8, 4) is 0 Å². The number of nitrogens with two attached hydrogens (primary N) is 1. The minimum Gasteiger partial charge on any atom is -0.398 e. The van der Waals surface area contributed by atoms with E-state index in [1.54, 1.807) is 36.5 Å². The third-order valence-corrected chi connectivity index (χ3v) is 5.37. The number of nitrogens with one attached hydrogen (secondary N) is 1. The molecule has 0 saturated heterocycles. The molecule has 0 atom stereocenters. The van der Waals surface area contributed by atoms with Gasteiger partial charge in [0.15, 0.2) is 0 Å². The van der Waals surface area contributed by atoms with E-state index in [4.69, 9.17) is 5.73 Å². The maximum atomic E-state index is 12.2. The molecule has 2 aromatic rings. The Morgan fingerprint density at radius 1 is 1.26 bits per heavy atom. The summed E-state index contributed by atoms with van der Waals surface area (Å²) in [5, 5.41) is 1.98. The fourth-order valence-corrected chi connectivity index (χ4v) is 3.97. The van der Waals surface area contributed by atoms with E-state index in [2.05, 4.69) is 4.72 Å². The molecule has 4 nitrogen and oxygen atoms in total. The summed E-state index contributed by atoms with van der Waals surface area (Å²) < 4.78 is 27.0. The van der Waals surface area contributed by atoms with Gasteiger partial charge in [-0.05, 0) is 36.4 Å². The van der Waals surface area contributed by atoms with Crippen LogP contribution in [0.3, 0.4) is 0 Å². The maximum Gasteiger partial charge on any atom is 0.242 e. The molecule has 0 unspecified atom stereocenters. The van der Waals surface area contributed by atoms with Gasteiger partial charge < -0.3 is 5.73 Å². The summed E-state index contributed by atoms with van der Waals surface area (Å²) in [7, 11) is -3.55. The second kappa shape index (κ2) is 5.73. The third-order valence-electron chi connectivity index (χ3n) is 2.75. The molecule has 3 N–H and O–H groups in total. The fraction of sp³-hybridized carbons (Fsp3) is 0.231. The molecule has 0 bridgehead atoms. The van der Waals surface area contributed by atoms with Gasteiger partial charge in [-0.15, -0.1) is 11.3 Å². The Bertz CT molecular complexity index is 629. The maximum absolute atomic E-state index is 12.2. The van der Waals surface area contributed by atoms with Gasteiger partial charge >= 0.3 is 0 Å². The average molecular weight is 296 g/mol. The summed E-state index contributed by atoms with van der Waals surface area (Å²) in [6, 6.07) is 9.02. The monoisotopic (exact) mass is 296 g/mol. The number of nitrogen functional groups attached to an aromatic ring is 1. The van der Waals surface area contributed by atoms with Gasteiger partial charge in [0.2, 0.25) is 10.0 Å². The molecule has 1 heterocycles. The Balaban J connectivity index is 2.10. The highest BCUT2D eigenvalue weighted by molar-refractivity contribution is 7.89. The molecular weight excluding hydrogens is 280 g/mol. The molecule has 0 amide bonds. The van der Waals surface area contributed by atoms with Crippen molar-refractivity contribution in [3.63, 3.8) is 0 Å². The minimum atomic E-state index is -3.55. The number of anilines is 1. The number of hydrogen-bond acceptors (Lipinski definition) is 4. The highest BCUT2D eigenvalue weighted by Gasteiger charge is 2.19. The van der Waals surface area contributed by atoms with Crippen molar-refractivity contribution in [2.24, 2.45) is 0 Å². The first kappa shape index (κ1) is 14.0. The van der Waals surface area contributed by atoms with Gasteiger partial charge in [-0.1, -0.05) is 18.2 Å². The molecule has 19 heavy (non-hydrogen) atoms. The summed E-state index contributed by atoms with van der Waals surface area (Å²) in [6.07, 6.45) is 0.683. The van der Waals surface area contributed by atoms with Crippen molar-refractivity contribution in [2.75, 3.05) is 12.3 Å². The van der Waals surface area contributed by atoms with E-state index in [9.17, 15) is 8.42 Å². The molecule has 1 aromatic carbocycles. The highest BCUT2D eigenvalue weighted by atomic mass is 32.2. The van der Waals surface area contributed by atoms with Crippen LogP contribution < -0.4 is 10.5 Å². The van der Waals surface area contributed by atoms with E-state index in [0.717, 1.165) is 4.88 Å². The van der Waals surface area contributed by atoms with Crippen molar-refractivity contribution in [3.05, 3.63) is 46.2 Å². The molecule has 0 saturated carbocycles. The van der Waals surface area contributed by atoms with E-state index in [0.29, 0.717) is 18.5 Å². The van der Waals surface area contributed by atoms with Gasteiger partial charge in [0.1, 0.15) is 4.90 Å². The Labute approximate surface area is 117 Å². The van der Waals surface area contributed by atoms with Crippen LogP contribution in [-0.2, 0) is 16.4 Å². The molecule has 0 aliphatic carbocycles. The Morgan fingerprint density at radius 3 is 2.68 bits per heavy atom. The molecule has 1 aromatic heterocycles. The van der Waals surface area contributed by atoms with Crippen LogP contribution in [0.2, 0.25) is 0 Å². The number of aryl methyl sites for hydroxylation is 1. The van der Waals surface area contributed by atoms with Crippen molar-refractivity contribution >= 4 is 27.0 Å². The van der Waals surface area contributed by atoms with Crippen LogP contribution in [0, 0.1) is 6.92 Å². The van der Waals surface area contributed by atoms with Crippen LogP contribution in [0.25, 0.3) is 0 Å². The van der Waals surface area contributed by atoms with Crippen molar-refractivity contribution in [2.45, 2.75) is 18.2 Å². The Kier molecular flexibility index (Phi) is 4.24. The number of rotatable bonds is 5. The standard InChI is InChI=1S/C13H16N2O2S2/c1-10-4-2-6-12(14)13(10)19(16,17)15-8-7-11-5-3-9-18-11/h2-6,9,15H,7-8,14H2,1H3. The topological polar surface area (TPSA) is 72.2 Å². The van der Waals surface area contributed by atoms with Crippen LogP contribution in [0.1, 0.15) is 10.4 Å². The summed E-state index contributed by atoms with van der Waals surface area (Å²) in [6.45, 7) is 2.11. The lowest BCUT2D eigenvalue weighted by atomic mass is 10.2. The zero-order valence-corrected chi connectivity index (χ0v) is 12.2. The summed E-state index contributed by atoms with van der Waals surface area (Å²) in [4.78, 5) is 1.33. The first-order valence-electron chi connectivity index (χ1n) is 5.88. The highest BCUT2D eigenvalue weighted by Crippen LogP contribution is 2.21. The van der Waals surface area contributed by atoms with Crippen LogP contribution in [0.15, 0.2) is 40.6 Å². The van der Waals surface area contributed by atoms with Crippen molar-refractivity contribution in [1.29, 1.82) is 0 Å². The van der Waals surface area contributed by atoms with Crippen molar-refractivity contribution in [1.82, 2.24) is 4.72 Å². The van der Waals surface area contributed by atoms with Crippen LogP contribution in [0.4, 0.5) is 5.69 Å². The summed E-state index contributed by atoms with van der Waals surface area (Å²) >= 11 is 1.62. The van der Waals surface area contributed by atoms with Gasteiger partial charge in [0.25, 0.3) is 0 Å². The molecule has 0 radical (unpaired) electrons. The van der Waals surface area contributed by atoms with E-state index in [-0.39, 0.29) is 10.6 Å². The van der Waals surface area contributed by atoms with Crippen LogP contribution >= 0.6 is 11.3 Å². The molecule has 102 valence electrons. The second-order valence-electron chi connectivity index (χ2n) is 4.22. The van der Waals surface area contributed by atoms with E-state index in [1.165, 1.54) is 0 Å². The number of thiophene rings is 1. The van der Waals surface area contributed by atoms with Gasteiger partial charge in [0.05, 0.1) is 5.69 Å². The molecular formula is C13H16N2O2S2. The van der Waals surface area contributed by atoms with Gasteiger partial charge in [0, 0.05) is 11.4 Å². The minimum absolute atomic E-state index is 0.182. The molecule has 0 spiro atoms. The number of benzene rings is 1. The lowest BCUT2D eigenvalue weighted by Crippen LogP contribution is -2.27. The van der Waals surface area contributed by atoms with Gasteiger partial charge in [-0.25, -0.2) is 13.1 Å². The molecule has 6 heteroatoms. The summed E-state index contributed by atoms with van der Waals surface area (Å²) in [5.41, 5.74) is 6.69. The average Bonchev–Trinajstić information content (AvgIpc) is 2.81. The zero-order valence-electron chi connectivity index (χ0n) is 10.6. The molecule has 2 rings (SSSR count). The molecule has 0 aliphatic heterocycles. The Morgan fingerprint density at radius 2 is 2.05 bits per heavy atom. The normalized spacial score (nSPS) is 11.6. The van der Waals surface area contributed by atoms with E-state index < -0.39 is 10.0 Å². The lowest BCUT2D eigenvalue weighted by molar-refractivity contribution is 0.581. The van der Waals surface area contributed by atoms with Crippen LogP contribution in [-0.4, -0.2) is 15.0 Å². The van der Waals surface area contributed by atoms with Crippen molar-refractivity contribution < 1.29 is 8.42 Å². The fourth-order valence-electron chi connectivity index (χ4n) is 1.88. The third kappa shape index (κ3) is 3.34. The van der Waals surface area contributed by atoms with E-state index in [1.807, 2.05) is 17.5 Å². The first-order chi connectivity index (χ1) is 9.00. The smallest absolute Gasteiger partial charge is 0.242 e. The first-order valence-corrected chi connectivity index (χ1v) is 8.24. The second-order valence-corrected chi connectivity index (χ2v) is 6.96. The quantitative estimate of drug-likeness (QED) is 0.831. The number of hydrogen-bond donors (Lipinski definition) is 2. The van der Waals surface area contributed by atoms with Gasteiger partial charge in [-0.3, -0.25) is 0 Å². The zero-order chi connectivity index (χ0) is 13.9. The predicted molar refractivity (Wildman–Crippen MR) is 78.8 cm³/mol. The lowest BCUT2D eigenvalue weighted by Gasteiger charge is -2.11. The largest absolute Gasteiger partial charge is 0.398 e. The summed E-state index contributed by atoms with van der Waals surface area (Å²) in [5.74, 6) is 0. The predicted octanol–water partition coefficient (Wildman–Crippen LogP) is 2.16. The Hall–Kier alpha value is -1.37. The SMILES string of the molecule is Cc1cccc(N)c1S(=O)(=O)NCCc1cccs1. The molecule has 0 fully saturated rings. The van der Waals surface area contributed by atoms with Crippen LogP contribution in [0.5, 0.6) is 0 Å². The number of sulfonamides is 1. The van der Waals surface area contributed by atoms with E-state index >= 15 is 0 Å². The molecule has 0 aliphatic rings.